The van der Waals surface area contributed by atoms with E-state index >= 15 is 0 Å². The van der Waals surface area contributed by atoms with Gasteiger partial charge in [0.15, 0.2) is 11.5 Å². The highest BCUT2D eigenvalue weighted by atomic mass is 35.5. The van der Waals surface area contributed by atoms with Crippen molar-refractivity contribution >= 4 is 28.6 Å². The molecule has 1 N–H and O–H groups in total. The summed E-state index contributed by atoms with van der Waals surface area (Å²) in [4.78, 5) is 21.0. The third-order valence-corrected chi connectivity index (χ3v) is 4.82. The fourth-order valence-electron chi connectivity index (χ4n) is 3.15. The van der Waals surface area contributed by atoms with Crippen LogP contribution >= 0.6 is 11.6 Å². The molecule has 0 radical (unpaired) electrons. The molecule has 0 spiro atoms. The lowest BCUT2D eigenvalue weighted by Gasteiger charge is -2.05. The van der Waals surface area contributed by atoms with E-state index in [0.717, 1.165) is 29.5 Å². The Morgan fingerprint density at radius 1 is 1.07 bits per heavy atom. The molecule has 0 atom stereocenters. The smallest absolute Gasteiger partial charge is 0.251 e. The number of halogens is 1. The van der Waals surface area contributed by atoms with Gasteiger partial charge in [-0.25, -0.2) is 4.98 Å². The summed E-state index contributed by atoms with van der Waals surface area (Å²) in [7, 11) is 0. The highest BCUT2D eigenvalue weighted by Gasteiger charge is 2.11. The molecular weight excluding hydrogens is 386 g/mol. The van der Waals surface area contributed by atoms with Crippen molar-refractivity contribution in [1.29, 1.82) is 0 Å². The van der Waals surface area contributed by atoms with Gasteiger partial charge in [-0.15, -0.1) is 0 Å². The Balaban J connectivity index is 1.37. The van der Waals surface area contributed by atoms with Crippen molar-refractivity contribution in [2.45, 2.75) is 19.3 Å². The number of pyridine rings is 1. The molecule has 4 rings (SSSR count). The first-order valence-electron chi connectivity index (χ1n) is 9.48. The van der Waals surface area contributed by atoms with E-state index in [9.17, 15) is 4.79 Å². The summed E-state index contributed by atoms with van der Waals surface area (Å²) >= 11 is 6.03. The largest absolute Gasteiger partial charge is 0.440 e. The van der Waals surface area contributed by atoms with E-state index in [1.165, 1.54) is 0 Å². The van der Waals surface area contributed by atoms with Gasteiger partial charge in [0.25, 0.3) is 5.91 Å². The van der Waals surface area contributed by atoms with Crippen LogP contribution in [0, 0.1) is 0 Å². The van der Waals surface area contributed by atoms with Gasteiger partial charge in [0.2, 0.25) is 0 Å². The molecule has 5 nitrogen and oxygen atoms in total. The van der Waals surface area contributed by atoms with Crippen LogP contribution in [-0.2, 0) is 12.8 Å². The zero-order valence-corrected chi connectivity index (χ0v) is 16.5. The molecule has 0 saturated heterocycles. The number of rotatable bonds is 7. The maximum absolute atomic E-state index is 12.4. The average molecular weight is 406 g/mol. The van der Waals surface area contributed by atoms with Crippen LogP contribution in [0.2, 0.25) is 5.02 Å². The number of amides is 1. The van der Waals surface area contributed by atoms with Gasteiger partial charge < -0.3 is 9.73 Å². The Morgan fingerprint density at radius 3 is 2.79 bits per heavy atom. The van der Waals surface area contributed by atoms with Gasteiger partial charge >= 0.3 is 0 Å². The normalized spacial score (nSPS) is 10.9. The molecule has 4 aromatic rings. The molecule has 0 saturated carbocycles. The van der Waals surface area contributed by atoms with Crippen LogP contribution in [0.15, 0.2) is 71.4 Å². The van der Waals surface area contributed by atoms with Crippen LogP contribution in [0.4, 0.5) is 0 Å². The van der Waals surface area contributed by atoms with Crippen molar-refractivity contribution in [1.82, 2.24) is 15.3 Å². The average Bonchev–Trinajstić information content (AvgIpc) is 3.13. The maximum Gasteiger partial charge on any atom is 0.251 e. The van der Waals surface area contributed by atoms with E-state index in [-0.39, 0.29) is 5.91 Å². The monoisotopic (exact) mass is 405 g/mol. The summed E-state index contributed by atoms with van der Waals surface area (Å²) in [6, 6.07) is 16.9. The van der Waals surface area contributed by atoms with Crippen LogP contribution < -0.4 is 5.32 Å². The molecule has 0 fully saturated rings. The first-order chi connectivity index (χ1) is 14.2. The number of carbonyl (C=O) groups excluding carboxylic acids is 1. The summed E-state index contributed by atoms with van der Waals surface area (Å²) in [5, 5.41) is 3.63. The lowest BCUT2D eigenvalue weighted by atomic mass is 10.1. The molecule has 1 amide bonds. The summed E-state index contributed by atoms with van der Waals surface area (Å²) < 4.78 is 5.85. The molecule has 29 heavy (non-hydrogen) atoms. The highest BCUT2D eigenvalue weighted by molar-refractivity contribution is 6.30. The van der Waals surface area contributed by atoms with Gasteiger partial charge in [-0.3, -0.25) is 9.78 Å². The van der Waals surface area contributed by atoms with Crippen LogP contribution in [0.25, 0.3) is 11.1 Å². The molecule has 2 aromatic heterocycles. The fraction of sp³-hybridized carbons (Fsp3) is 0.174. The van der Waals surface area contributed by atoms with E-state index in [1.54, 1.807) is 18.3 Å². The van der Waals surface area contributed by atoms with Crippen molar-refractivity contribution in [2.24, 2.45) is 0 Å². The Morgan fingerprint density at radius 2 is 1.97 bits per heavy atom. The SMILES string of the molecule is O=C(NCCCc1cccnc1)c1ccc2nc(Cc3cccc(Cl)c3)oc2c1. The fourth-order valence-corrected chi connectivity index (χ4v) is 3.37. The molecule has 0 aliphatic rings. The molecule has 146 valence electrons. The first-order valence-corrected chi connectivity index (χ1v) is 9.86. The van der Waals surface area contributed by atoms with Crippen LogP contribution in [-0.4, -0.2) is 22.4 Å². The van der Waals surface area contributed by atoms with E-state index in [1.807, 2.05) is 48.7 Å². The maximum atomic E-state index is 12.4. The minimum Gasteiger partial charge on any atom is -0.440 e. The molecule has 0 aliphatic carbocycles. The number of hydrogen-bond acceptors (Lipinski definition) is 4. The van der Waals surface area contributed by atoms with Gasteiger partial charge in [-0.05, 0) is 60.4 Å². The van der Waals surface area contributed by atoms with Gasteiger partial charge in [-0.1, -0.05) is 29.8 Å². The Labute approximate surface area is 173 Å². The van der Waals surface area contributed by atoms with Gasteiger partial charge in [0.1, 0.15) is 5.52 Å². The third kappa shape index (κ3) is 5.00. The summed E-state index contributed by atoms with van der Waals surface area (Å²) in [5.41, 5.74) is 4.08. The zero-order chi connectivity index (χ0) is 20.1. The predicted octanol–water partition coefficient (Wildman–Crippen LogP) is 4.83. The lowest BCUT2D eigenvalue weighted by molar-refractivity contribution is 0.0953. The van der Waals surface area contributed by atoms with Crippen molar-refractivity contribution in [2.75, 3.05) is 6.54 Å². The van der Waals surface area contributed by atoms with E-state index in [0.29, 0.717) is 35.0 Å². The van der Waals surface area contributed by atoms with Crippen molar-refractivity contribution in [3.63, 3.8) is 0 Å². The molecule has 2 heterocycles. The molecule has 6 heteroatoms. The Bertz CT molecular complexity index is 1130. The number of aryl methyl sites for hydroxylation is 1. The van der Waals surface area contributed by atoms with Gasteiger partial charge in [-0.2, -0.15) is 0 Å². The minimum atomic E-state index is -0.120. The van der Waals surface area contributed by atoms with Crippen molar-refractivity contribution < 1.29 is 9.21 Å². The summed E-state index contributed by atoms with van der Waals surface area (Å²) in [6.45, 7) is 0.599. The summed E-state index contributed by atoms with van der Waals surface area (Å²) in [5.74, 6) is 0.474. The highest BCUT2D eigenvalue weighted by Crippen LogP contribution is 2.20. The predicted molar refractivity (Wildman–Crippen MR) is 113 cm³/mol. The first kappa shape index (κ1) is 19.2. The number of fused-ring (bicyclic) bond motifs is 1. The number of nitrogens with one attached hydrogen (secondary N) is 1. The number of carbonyl (C=O) groups is 1. The van der Waals surface area contributed by atoms with E-state index < -0.39 is 0 Å². The topological polar surface area (TPSA) is 68.0 Å². The van der Waals surface area contributed by atoms with Crippen LogP contribution in [0.3, 0.4) is 0 Å². The summed E-state index contributed by atoms with van der Waals surface area (Å²) in [6.07, 6.45) is 5.88. The van der Waals surface area contributed by atoms with Crippen LogP contribution in [0.5, 0.6) is 0 Å². The Kier molecular flexibility index (Phi) is 5.86. The van der Waals surface area contributed by atoms with Gasteiger partial charge in [0, 0.05) is 35.9 Å². The standard InChI is InChI=1S/C23H20ClN3O2/c24-19-7-1-4-17(12-19)13-22-27-20-9-8-18(14-21(20)29-22)23(28)26-11-3-6-16-5-2-10-25-15-16/h1-2,4-5,7-10,12,14-15H,3,6,11,13H2,(H,26,28). The number of hydrogen-bond donors (Lipinski definition) is 1. The third-order valence-electron chi connectivity index (χ3n) is 4.59. The molecule has 0 unspecified atom stereocenters. The second-order valence-corrected chi connectivity index (χ2v) is 7.25. The molecule has 2 aromatic carbocycles. The molecular formula is C23H20ClN3O2. The quantitative estimate of drug-likeness (QED) is 0.447. The second kappa shape index (κ2) is 8.88. The number of nitrogens with zero attached hydrogens (tertiary/aromatic N) is 2. The second-order valence-electron chi connectivity index (χ2n) is 6.82. The van der Waals surface area contributed by atoms with Gasteiger partial charge in [0.05, 0.1) is 0 Å². The lowest BCUT2D eigenvalue weighted by Crippen LogP contribution is -2.24. The molecule has 0 aliphatic heterocycles. The Hall–Kier alpha value is -3.18. The number of benzene rings is 2. The van der Waals surface area contributed by atoms with Crippen LogP contribution in [0.1, 0.15) is 33.8 Å². The minimum absolute atomic E-state index is 0.120. The number of aromatic nitrogens is 2. The zero-order valence-electron chi connectivity index (χ0n) is 15.8. The van der Waals surface area contributed by atoms with Crippen molar-refractivity contribution in [3.8, 4) is 0 Å². The van der Waals surface area contributed by atoms with Crippen molar-refractivity contribution in [3.05, 3.63) is 94.6 Å². The molecule has 0 bridgehead atoms. The van der Waals surface area contributed by atoms with E-state index in [4.69, 9.17) is 16.0 Å². The number of oxazole rings is 1. The van der Waals surface area contributed by atoms with E-state index in [2.05, 4.69) is 15.3 Å².